The maximum atomic E-state index is 11.0. The van der Waals surface area contributed by atoms with E-state index in [1.165, 1.54) is 12.4 Å². The largest absolute Gasteiger partial charge is 0.479 e. The van der Waals surface area contributed by atoms with Crippen LogP contribution in [0.3, 0.4) is 0 Å². The van der Waals surface area contributed by atoms with Crippen LogP contribution in [0.15, 0.2) is 24.5 Å². The molecule has 0 aliphatic carbocycles. The molecule has 20 heavy (non-hydrogen) atoms. The number of aromatic nitrogens is 3. The van der Waals surface area contributed by atoms with Crippen molar-refractivity contribution in [2.75, 3.05) is 7.05 Å². The molecule has 8 heteroatoms. The van der Waals surface area contributed by atoms with Gasteiger partial charge in [-0.2, -0.15) is 5.10 Å². The zero-order chi connectivity index (χ0) is 14.5. The van der Waals surface area contributed by atoms with Crippen molar-refractivity contribution >= 4 is 5.69 Å². The molecule has 0 bridgehead atoms. The van der Waals surface area contributed by atoms with Gasteiger partial charge in [-0.25, -0.2) is 4.98 Å². The SMILES string of the molecule is CNCc1ccc([N+](=O)[O-])c(OCc2ncnn2C)c1. The molecule has 0 saturated carbocycles. The highest BCUT2D eigenvalue weighted by Gasteiger charge is 2.16. The molecule has 2 aromatic rings. The van der Waals surface area contributed by atoms with Crippen molar-refractivity contribution in [2.24, 2.45) is 7.05 Å². The summed E-state index contributed by atoms with van der Waals surface area (Å²) in [6.45, 7) is 0.735. The topological polar surface area (TPSA) is 95.1 Å². The maximum Gasteiger partial charge on any atom is 0.310 e. The zero-order valence-corrected chi connectivity index (χ0v) is 11.2. The van der Waals surface area contributed by atoms with Gasteiger partial charge in [-0.05, 0) is 18.7 Å². The monoisotopic (exact) mass is 277 g/mol. The summed E-state index contributed by atoms with van der Waals surface area (Å²) in [4.78, 5) is 14.5. The van der Waals surface area contributed by atoms with E-state index in [1.54, 1.807) is 23.9 Å². The van der Waals surface area contributed by atoms with Gasteiger partial charge in [0.05, 0.1) is 4.92 Å². The maximum absolute atomic E-state index is 11.0. The van der Waals surface area contributed by atoms with Gasteiger partial charge in [0, 0.05) is 19.7 Å². The number of rotatable bonds is 6. The predicted octanol–water partition coefficient (Wildman–Crippen LogP) is 1.02. The second-order valence-corrected chi connectivity index (χ2v) is 4.18. The molecule has 0 atom stereocenters. The number of benzene rings is 1. The van der Waals surface area contributed by atoms with E-state index in [-0.39, 0.29) is 18.0 Å². The summed E-state index contributed by atoms with van der Waals surface area (Å²) in [5.41, 5.74) is 0.845. The molecule has 1 heterocycles. The van der Waals surface area contributed by atoms with Crippen molar-refractivity contribution in [3.63, 3.8) is 0 Å². The van der Waals surface area contributed by atoms with Crippen LogP contribution < -0.4 is 10.1 Å². The molecule has 0 amide bonds. The first-order valence-corrected chi connectivity index (χ1v) is 5.99. The Bertz CT molecular complexity index is 611. The molecule has 1 aromatic heterocycles. The summed E-state index contributed by atoms with van der Waals surface area (Å²) in [7, 11) is 3.54. The number of nitrogens with zero attached hydrogens (tertiary/aromatic N) is 4. The first-order chi connectivity index (χ1) is 9.61. The highest BCUT2D eigenvalue weighted by Crippen LogP contribution is 2.28. The minimum absolute atomic E-state index is 0.0629. The Morgan fingerprint density at radius 1 is 1.50 bits per heavy atom. The van der Waals surface area contributed by atoms with Crippen molar-refractivity contribution < 1.29 is 9.66 Å². The van der Waals surface area contributed by atoms with Crippen LogP contribution in [0.4, 0.5) is 5.69 Å². The van der Waals surface area contributed by atoms with Crippen LogP contribution in [0.25, 0.3) is 0 Å². The van der Waals surface area contributed by atoms with Crippen molar-refractivity contribution in [3.8, 4) is 5.75 Å². The second kappa shape index (κ2) is 6.11. The van der Waals surface area contributed by atoms with Gasteiger partial charge in [0.1, 0.15) is 12.9 Å². The molecule has 1 N–H and O–H groups in total. The van der Waals surface area contributed by atoms with E-state index in [4.69, 9.17) is 4.74 Å². The molecule has 0 fully saturated rings. The summed E-state index contributed by atoms with van der Waals surface area (Å²) in [5.74, 6) is 0.823. The average molecular weight is 277 g/mol. The van der Waals surface area contributed by atoms with Gasteiger partial charge >= 0.3 is 5.69 Å². The summed E-state index contributed by atoms with van der Waals surface area (Å²) >= 11 is 0. The summed E-state index contributed by atoms with van der Waals surface area (Å²) < 4.78 is 7.08. The number of hydrogen-bond donors (Lipinski definition) is 1. The van der Waals surface area contributed by atoms with Gasteiger partial charge in [-0.15, -0.1) is 0 Å². The Morgan fingerprint density at radius 3 is 2.90 bits per heavy atom. The standard InChI is InChI=1S/C12H15N5O3/c1-13-6-9-3-4-10(17(18)19)11(5-9)20-7-12-14-8-15-16(12)2/h3-5,8,13H,6-7H2,1-2H3. The summed E-state index contributed by atoms with van der Waals surface area (Å²) in [5, 5.41) is 17.9. The number of nitro groups is 1. The molecule has 0 unspecified atom stereocenters. The molecule has 0 spiro atoms. The first kappa shape index (κ1) is 13.9. The Kier molecular flexibility index (Phi) is 4.26. The van der Waals surface area contributed by atoms with E-state index in [0.29, 0.717) is 12.4 Å². The number of hydrogen-bond acceptors (Lipinski definition) is 6. The number of nitrogens with one attached hydrogen (secondary N) is 1. The Hall–Kier alpha value is -2.48. The molecule has 106 valence electrons. The van der Waals surface area contributed by atoms with E-state index >= 15 is 0 Å². The Labute approximate surface area is 115 Å². The molecular formula is C12H15N5O3. The van der Waals surface area contributed by atoms with Crippen LogP contribution >= 0.6 is 0 Å². The van der Waals surface area contributed by atoms with Crippen molar-refractivity contribution in [3.05, 3.63) is 46.0 Å². The minimum Gasteiger partial charge on any atom is -0.479 e. The lowest BCUT2D eigenvalue weighted by Crippen LogP contribution is -2.08. The van der Waals surface area contributed by atoms with E-state index in [9.17, 15) is 10.1 Å². The number of aryl methyl sites for hydroxylation is 1. The molecule has 1 aromatic carbocycles. The van der Waals surface area contributed by atoms with Crippen LogP contribution in [0.1, 0.15) is 11.4 Å². The summed E-state index contributed by atoms with van der Waals surface area (Å²) in [6, 6.07) is 4.80. The average Bonchev–Trinajstić information content (AvgIpc) is 2.82. The van der Waals surface area contributed by atoms with Crippen molar-refractivity contribution in [2.45, 2.75) is 13.2 Å². The van der Waals surface area contributed by atoms with Gasteiger partial charge in [-0.1, -0.05) is 6.07 Å². The van der Waals surface area contributed by atoms with Crippen molar-refractivity contribution in [1.82, 2.24) is 20.1 Å². The highest BCUT2D eigenvalue weighted by atomic mass is 16.6. The second-order valence-electron chi connectivity index (χ2n) is 4.18. The third-order valence-corrected chi connectivity index (χ3v) is 2.76. The van der Waals surface area contributed by atoms with Gasteiger partial charge in [-0.3, -0.25) is 14.8 Å². The third kappa shape index (κ3) is 3.09. The lowest BCUT2D eigenvalue weighted by atomic mass is 10.2. The van der Waals surface area contributed by atoms with Gasteiger partial charge in [0.15, 0.2) is 11.6 Å². The fourth-order valence-electron chi connectivity index (χ4n) is 1.73. The van der Waals surface area contributed by atoms with E-state index < -0.39 is 4.92 Å². The highest BCUT2D eigenvalue weighted by molar-refractivity contribution is 5.48. The van der Waals surface area contributed by atoms with Crippen LogP contribution in [-0.4, -0.2) is 26.7 Å². The molecule has 0 saturated heterocycles. The zero-order valence-electron chi connectivity index (χ0n) is 11.2. The Balaban J connectivity index is 2.21. The molecule has 0 radical (unpaired) electrons. The van der Waals surface area contributed by atoms with Gasteiger partial charge in [0.2, 0.25) is 0 Å². The number of ether oxygens (including phenoxy) is 1. The van der Waals surface area contributed by atoms with E-state index in [2.05, 4.69) is 15.4 Å². The lowest BCUT2D eigenvalue weighted by molar-refractivity contribution is -0.386. The van der Waals surface area contributed by atoms with Gasteiger partial charge in [0.25, 0.3) is 0 Å². The van der Waals surface area contributed by atoms with E-state index in [0.717, 1.165) is 5.56 Å². The smallest absolute Gasteiger partial charge is 0.310 e. The lowest BCUT2D eigenvalue weighted by Gasteiger charge is -2.08. The van der Waals surface area contributed by atoms with Crippen LogP contribution in [-0.2, 0) is 20.2 Å². The third-order valence-electron chi connectivity index (χ3n) is 2.76. The number of nitro benzene ring substituents is 1. The van der Waals surface area contributed by atoms with Crippen LogP contribution in [0, 0.1) is 10.1 Å². The van der Waals surface area contributed by atoms with Crippen molar-refractivity contribution in [1.29, 1.82) is 0 Å². The normalized spacial score (nSPS) is 10.5. The first-order valence-electron chi connectivity index (χ1n) is 5.99. The fourth-order valence-corrected chi connectivity index (χ4v) is 1.73. The van der Waals surface area contributed by atoms with E-state index in [1.807, 2.05) is 7.05 Å². The molecule has 2 rings (SSSR count). The Morgan fingerprint density at radius 2 is 2.30 bits per heavy atom. The van der Waals surface area contributed by atoms with Crippen LogP contribution in [0.5, 0.6) is 5.75 Å². The fraction of sp³-hybridized carbons (Fsp3) is 0.333. The summed E-state index contributed by atoms with van der Waals surface area (Å²) in [6.07, 6.45) is 1.41. The minimum atomic E-state index is -0.463. The quantitative estimate of drug-likeness (QED) is 0.625. The van der Waals surface area contributed by atoms with Gasteiger partial charge < -0.3 is 10.1 Å². The molecule has 0 aliphatic rings. The molecular weight excluding hydrogens is 262 g/mol. The predicted molar refractivity (Wildman–Crippen MR) is 71.2 cm³/mol. The van der Waals surface area contributed by atoms with Crippen LogP contribution in [0.2, 0.25) is 0 Å². The molecule has 8 nitrogen and oxygen atoms in total. The molecule has 0 aliphatic heterocycles.